The van der Waals surface area contributed by atoms with Crippen LogP contribution in [-0.4, -0.2) is 33.1 Å². The normalized spacial score (nSPS) is 18.2. The molecule has 7 nitrogen and oxygen atoms in total. The summed E-state index contributed by atoms with van der Waals surface area (Å²) >= 11 is 0. The van der Waals surface area contributed by atoms with Crippen molar-refractivity contribution in [1.29, 1.82) is 0 Å². The van der Waals surface area contributed by atoms with Gasteiger partial charge in [-0.1, -0.05) is 6.07 Å². The largest absolute Gasteiger partial charge is 0.381 e. The molecule has 0 saturated carbocycles. The molecule has 1 saturated heterocycles. The van der Waals surface area contributed by atoms with Gasteiger partial charge in [-0.05, 0) is 37.5 Å². The smallest absolute Gasteiger partial charge is 0.244 e. The quantitative estimate of drug-likeness (QED) is 0.729. The molecule has 0 atom stereocenters. The summed E-state index contributed by atoms with van der Waals surface area (Å²) in [6, 6.07) is 4.32. The summed E-state index contributed by atoms with van der Waals surface area (Å²) < 4.78 is 27.9. The highest BCUT2D eigenvalue weighted by Crippen LogP contribution is 2.23. The number of rotatable bonds is 3. The van der Waals surface area contributed by atoms with Crippen LogP contribution < -0.4 is 16.2 Å². The fourth-order valence-electron chi connectivity index (χ4n) is 2.12. The van der Waals surface area contributed by atoms with E-state index < -0.39 is 15.6 Å². The first-order chi connectivity index (χ1) is 9.72. The maximum absolute atomic E-state index is 12.3. The monoisotopic (exact) mass is 313 g/mol. The number of sulfonamides is 1. The second kappa shape index (κ2) is 5.72. The van der Waals surface area contributed by atoms with Crippen LogP contribution >= 0.6 is 0 Å². The van der Waals surface area contributed by atoms with Gasteiger partial charge in [0.1, 0.15) is 5.54 Å². The molecule has 116 valence electrons. The zero-order valence-corrected chi connectivity index (χ0v) is 12.6. The van der Waals surface area contributed by atoms with E-state index in [9.17, 15) is 13.2 Å². The van der Waals surface area contributed by atoms with Crippen molar-refractivity contribution in [3.05, 3.63) is 23.8 Å². The highest BCUT2D eigenvalue weighted by molar-refractivity contribution is 7.89. The van der Waals surface area contributed by atoms with Gasteiger partial charge in [-0.25, -0.2) is 13.6 Å². The lowest BCUT2D eigenvalue weighted by molar-refractivity contribution is -0.124. The molecule has 0 radical (unpaired) electrons. The fraction of sp³-hybridized carbons (Fsp3) is 0.462. The van der Waals surface area contributed by atoms with Gasteiger partial charge < -0.3 is 15.8 Å². The third kappa shape index (κ3) is 3.59. The van der Waals surface area contributed by atoms with E-state index in [1.807, 2.05) is 0 Å². The van der Waals surface area contributed by atoms with Gasteiger partial charge >= 0.3 is 0 Å². The van der Waals surface area contributed by atoms with Gasteiger partial charge in [0.2, 0.25) is 15.9 Å². The summed E-state index contributed by atoms with van der Waals surface area (Å²) in [5.74, 6) is -0.347. The van der Waals surface area contributed by atoms with Crippen LogP contribution in [0, 0.1) is 6.92 Å². The Labute approximate surface area is 123 Å². The van der Waals surface area contributed by atoms with Gasteiger partial charge in [-0.3, -0.25) is 4.79 Å². The lowest BCUT2D eigenvalue weighted by Crippen LogP contribution is -2.54. The van der Waals surface area contributed by atoms with Crippen molar-refractivity contribution < 1.29 is 17.9 Å². The van der Waals surface area contributed by atoms with E-state index in [-0.39, 0.29) is 10.8 Å². The highest BCUT2D eigenvalue weighted by Gasteiger charge is 2.36. The Morgan fingerprint density at radius 2 is 1.95 bits per heavy atom. The lowest BCUT2D eigenvalue weighted by atomic mass is 9.90. The van der Waals surface area contributed by atoms with Crippen molar-refractivity contribution in [3.63, 3.8) is 0 Å². The van der Waals surface area contributed by atoms with Gasteiger partial charge in [0.15, 0.2) is 0 Å². The van der Waals surface area contributed by atoms with Gasteiger partial charge in [0.25, 0.3) is 0 Å². The molecule has 8 heteroatoms. The van der Waals surface area contributed by atoms with Crippen LogP contribution in [0.4, 0.5) is 5.69 Å². The predicted molar refractivity (Wildman–Crippen MR) is 78.2 cm³/mol. The summed E-state index contributed by atoms with van der Waals surface area (Å²) in [5.41, 5.74) is 6.21. The third-order valence-corrected chi connectivity index (χ3v) is 4.53. The molecule has 0 aliphatic carbocycles. The predicted octanol–water partition coefficient (Wildman–Crippen LogP) is 0.0888. The molecule has 1 fully saturated rings. The van der Waals surface area contributed by atoms with Crippen molar-refractivity contribution in [2.75, 3.05) is 18.5 Å². The summed E-state index contributed by atoms with van der Waals surface area (Å²) in [6.45, 7) is 2.62. The molecule has 1 aliphatic heterocycles. The van der Waals surface area contributed by atoms with E-state index in [1.165, 1.54) is 12.1 Å². The molecule has 0 aromatic heterocycles. The van der Waals surface area contributed by atoms with Crippen LogP contribution in [0.15, 0.2) is 23.1 Å². The molecular weight excluding hydrogens is 294 g/mol. The number of carbonyl (C=O) groups is 1. The Hall–Kier alpha value is -1.48. The summed E-state index contributed by atoms with van der Waals surface area (Å²) in [7, 11) is -3.82. The fourth-order valence-corrected chi connectivity index (χ4v) is 2.66. The molecule has 0 bridgehead atoms. The number of anilines is 1. The molecule has 1 heterocycles. The Kier molecular flexibility index (Phi) is 4.33. The standard InChI is InChI=1S/C13H19N3O4S/c1-9-2-3-10(21(15,18)19)8-11(9)16-12(17)13(14)4-6-20-7-5-13/h2-3,8H,4-7,14H2,1H3,(H,16,17)(H2,15,18,19). The zero-order chi connectivity index (χ0) is 15.7. The average molecular weight is 313 g/mol. The van der Waals surface area contributed by atoms with Gasteiger partial charge in [-0.15, -0.1) is 0 Å². The number of primary sulfonamides is 1. The van der Waals surface area contributed by atoms with E-state index in [2.05, 4.69) is 5.32 Å². The van der Waals surface area contributed by atoms with Crippen molar-refractivity contribution in [2.45, 2.75) is 30.2 Å². The molecule has 1 amide bonds. The first kappa shape index (κ1) is 15.9. The van der Waals surface area contributed by atoms with E-state index in [0.29, 0.717) is 31.7 Å². The molecule has 1 aromatic carbocycles. The second-order valence-corrected chi connectivity index (χ2v) is 6.81. The zero-order valence-electron chi connectivity index (χ0n) is 11.8. The topological polar surface area (TPSA) is 125 Å². The second-order valence-electron chi connectivity index (χ2n) is 5.24. The van der Waals surface area contributed by atoms with Crippen LogP contribution in [-0.2, 0) is 19.6 Å². The van der Waals surface area contributed by atoms with E-state index in [1.54, 1.807) is 13.0 Å². The van der Waals surface area contributed by atoms with Crippen LogP contribution in [0.25, 0.3) is 0 Å². The minimum absolute atomic E-state index is 0.0542. The number of carbonyl (C=O) groups excluding carboxylic acids is 1. The molecule has 2 rings (SSSR count). The lowest BCUT2D eigenvalue weighted by Gasteiger charge is -2.32. The SMILES string of the molecule is Cc1ccc(S(N)(=O)=O)cc1NC(=O)C1(N)CCOCC1. The Morgan fingerprint density at radius 1 is 1.33 bits per heavy atom. The Bertz CT molecular complexity index is 651. The van der Waals surface area contributed by atoms with E-state index >= 15 is 0 Å². The minimum atomic E-state index is -3.82. The minimum Gasteiger partial charge on any atom is -0.381 e. The maximum Gasteiger partial charge on any atom is 0.244 e. The van der Waals surface area contributed by atoms with Crippen LogP contribution in [0.2, 0.25) is 0 Å². The van der Waals surface area contributed by atoms with Crippen molar-refractivity contribution >= 4 is 21.6 Å². The molecule has 1 aliphatic rings. The first-order valence-corrected chi connectivity index (χ1v) is 8.08. The van der Waals surface area contributed by atoms with Crippen molar-refractivity contribution in [2.24, 2.45) is 10.9 Å². The number of amides is 1. The number of hydrogen-bond donors (Lipinski definition) is 3. The molecular formula is C13H19N3O4S. The molecule has 0 spiro atoms. The van der Waals surface area contributed by atoms with Gasteiger partial charge in [-0.2, -0.15) is 0 Å². The van der Waals surface area contributed by atoms with Crippen LogP contribution in [0.5, 0.6) is 0 Å². The first-order valence-electron chi connectivity index (χ1n) is 6.54. The van der Waals surface area contributed by atoms with Crippen LogP contribution in [0.3, 0.4) is 0 Å². The molecule has 21 heavy (non-hydrogen) atoms. The van der Waals surface area contributed by atoms with Gasteiger partial charge in [0, 0.05) is 18.9 Å². The molecule has 0 unspecified atom stereocenters. The number of nitrogens with two attached hydrogens (primary N) is 2. The summed E-state index contributed by atoms with van der Waals surface area (Å²) in [4.78, 5) is 12.3. The summed E-state index contributed by atoms with van der Waals surface area (Å²) in [5, 5.41) is 7.79. The highest BCUT2D eigenvalue weighted by atomic mass is 32.2. The molecule has 1 aromatic rings. The Balaban J connectivity index is 2.24. The van der Waals surface area contributed by atoms with Crippen molar-refractivity contribution in [3.8, 4) is 0 Å². The molecule has 5 N–H and O–H groups in total. The van der Waals surface area contributed by atoms with E-state index in [0.717, 1.165) is 5.56 Å². The number of ether oxygens (including phenoxy) is 1. The number of benzene rings is 1. The maximum atomic E-state index is 12.3. The Morgan fingerprint density at radius 3 is 2.52 bits per heavy atom. The van der Waals surface area contributed by atoms with Gasteiger partial charge in [0.05, 0.1) is 4.90 Å². The van der Waals surface area contributed by atoms with Crippen LogP contribution in [0.1, 0.15) is 18.4 Å². The average Bonchev–Trinajstić information content (AvgIpc) is 2.40. The third-order valence-electron chi connectivity index (χ3n) is 3.62. The number of aryl methyl sites for hydroxylation is 1. The summed E-state index contributed by atoms with van der Waals surface area (Å²) in [6.07, 6.45) is 0.847. The number of hydrogen-bond acceptors (Lipinski definition) is 5. The van der Waals surface area contributed by atoms with E-state index in [4.69, 9.17) is 15.6 Å². The number of nitrogens with one attached hydrogen (secondary N) is 1. The van der Waals surface area contributed by atoms with Crippen molar-refractivity contribution in [1.82, 2.24) is 0 Å².